The molecule has 1 fully saturated rings. The van der Waals surface area contributed by atoms with Crippen LogP contribution in [-0.4, -0.2) is 53.9 Å². The molecule has 1 aliphatic rings. The van der Waals surface area contributed by atoms with Crippen molar-refractivity contribution < 1.29 is 18.0 Å². The highest BCUT2D eigenvalue weighted by Gasteiger charge is 2.31. The van der Waals surface area contributed by atoms with Gasteiger partial charge in [-0.05, 0) is 50.1 Å². The summed E-state index contributed by atoms with van der Waals surface area (Å²) in [6, 6.07) is 9.99. The molecule has 1 atom stereocenters. The Bertz CT molecular complexity index is 1510. The highest BCUT2D eigenvalue weighted by atomic mass is 32.2. The fourth-order valence-electron chi connectivity index (χ4n) is 4.15. The van der Waals surface area contributed by atoms with E-state index < -0.39 is 39.5 Å². The third-order valence-electron chi connectivity index (χ3n) is 5.95. The van der Waals surface area contributed by atoms with E-state index in [1.165, 1.54) is 46.8 Å². The Labute approximate surface area is 200 Å². The van der Waals surface area contributed by atoms with E-state index in [9.17, 15) is 27.6 Å². The zero-order valence-corrected chi connectivity index (χ0v) is 19.8. The van der Waals surface area contributed by atoms with Crippen molar-refractivity contribution in [2.75, 3.05) is 18.4 Å². The summed E-state index contributed by atoms with van der Waals surface area (Å²) in [5.41, 5.74) is -0.882. The van der Waals surface area contributed by atoms with E-state index in [0.29, 0.717) is 6.54 Å². The SMILES string of the molecule is CC1CCCCN1S(=O)(=O)c1cccc(C(=O)NCC(=O)Nc2cccc3c(=O)[nH][nH]c(=O)c23)c1. The molecule has 2 aromatic carbocycles. The second-order valence-corrected chi connectivity index (χ2v) is 10.2. The number of aromatic nitrogens is 2. The maximum absolute atomic E-state index is 13.1. The largest absolute Gasteiger partial charge is 0.343 e. The molecule has 2 heterocycles. The van der Waals surface area contributed by atoms with Crippen molar-refractivity contribution >= 4 is 38.3 Å². The van der Waals surface area contributed by atoms with Crippen LogP contribution in [0.15, 0.2) is 56.9 Å². The molecule has 11 nitrogen and oxygen atoms in total. The van der Waals surface area contributed by atoms with Gasteiger partial charge in [0.25, 0.3) is 17.0 Å². The Hall–Kier alpha value is -3.77. The third kappa shape index (κ3) is 5.03. The first-order valence-electron chi connectivity index (χ1n) is 11.1. The van der Waals surface area contributed by atoms with Crippen LogP contribution in [0, 0.1) is 0 Å². The van der Waals surface area contributed by atoms with Crippen molar-refractivity contribution in [2.45, 2.75) is 37.1 Å². The van der Waals surface area contributed by atoms with Gasteiger partial charge in [0.05, 0.1) is 27.9 Å². The molecule has 0 bridgehead atoms. The summed E-state index contributed by atoms with van der Waals surface area (Å²) in [7, 11) is -3.75. The predicted molar refractivity (Wildman–Crippen MR) is 130 cm³/mol. The van der Waals surface area contributed by atoms with Gasteiger partial charge in [-0.25, -0.2) is 8.42 Å². The number of hydrogen-bond donors (Lipinski definition) is 4. The molecule has 1 unspecified atom stereocenters. The molecule has 35 heavy (non-hydrogen) atoms. The van der Waals surface area contributed by atoms with Gasteiger partial charge < -0.3 is 10.6 Å². The van der Waals surface area contributed by atoms with E-state index in [1.54, 1.807) is 0 Å². The number of nitrogens with zero attached hydrogens (tertiary/aromatic N) is 1. The highest BCUT2D eigenvalue weighted by molar-refractivity contribution is 7.89. The Morgan fingerprint density at radius 3 is 2.57 bits per heavy atom. The first-order valence-corrected chi connectivity index (χ1v) is 12.6. The minimum atomic E-state index is -3.75. The van der Waals surface area contributed by atoms with Crippen LogP contribution < -0.4 is 21.8 Å². The number of H-pyrrole nitrogens is 2. The van der Waals surface area contributed by atoms with Crippen LogP contribution in [-0.2, 0) is 14.8 Å². The fraction of sp³-hybridized carbons (Fsp3) is 0.304. The molecule has 4 N–H and O–H groups in total. The number of benzene rings is 2. The average molecular weight is 500 g/mol. The molecule has 0 aliphatic carbocycles. The monoisotopic (exact) mass is 499 g/mol. The standard InChI is InChI=1S/C23H25N5O6S/c1-14-6-2-3-11-28(14)35(33,34)16-8-4-7-15(12-16)21(30)24-13-19(29)25-18-10-5-9-17-20(18)23(32)27-26-22(17)31/h4-5,7-10,12,14H,2-3,6,11,13H2,1H3,(H,24,30)(H,25,29)(H,26,31)(H,27,32). The fourth-order valence-corrected chi connectivity index (χ4v) is 5.90. The van der Waals surface area contributed by atoms with E-state index >= 15 is 0 Å². The number of amides is 2. The van der Waals surface area contributed by atoms with Gasteiger partial charge in [0.15, 0.2) is 0 Å². The Balaban J connectivity index is 1.46. The lowest BCUT2D eigenvalue weighted by Crippen LogP contribution is -2.42. The molecule has 1 aromatic heterocycles. The minimum absolute atomic E-state index is 0.0146. The second-order valence-electron chi connectivity index (χ2n) is 8.36. The molecule has 184 valence electrons. The number of fused-ring (bicyclic) bond motifs is 1. The smallest absolute Gasteiger partial charge is 0.272 e. The molecule has 0 radical (unpaired) electrons. The Morgan fingerprint density at radius 1 is 1.06 bits per heavy atom. The summed E-state index contributed by atoms with van der Waals surface area (Å²) in [5.74, 6) is -1.26. The van der Waals surface area contributed by atoms with Crippen LogP contribution in [0.2, 0.25) is 0 Å². The minimum Gasteiger partial charge on any atom is -0.343 e. The van der Waals surface area contributed by atoms with Crippen molar-refractivity contribution in [1.29, 1.82) is 0 Å². The molecular weight excluding hydrogens is 474 g/mol. The summed E-state index contributed by atoms with van der Waals surface area (Å²) >= 11 is 0. The van der Waals surface area contributed by atoms with Crippen molar-refractivity contribution in [3.8, 4) is 0 Å². The van der Waals surface area contributed by atoms with Crippen LogP contribution in [0.1, 0.15) is 36.5 Å². The van der Waals surface area contributed by atoms with E-state index in [1.807, 2.05) is 6.92 Å². The number of anilines is 1. The normalized spacial score (nSPS) is 16.7. The number of sulfonamides is 1. The van der Waals surface area contributed by atoms with Gasteiger partial charge in [0, 0.05) is 18.2 Å². The zero-order chi connectivity index (χ0) is 25.2. The van der Waals surface area contributed by atoms with Gasteiger partial charge in [-0.1, -0.05) is 18.6 Å². The Morgan fingerprint density at radius 2 is 1.80 bits per heavy atom. The van der Waals surface area contributed by atoms with Crippen LogP contribution in [0.4, 0.5) is 5.69 Å². The van der Waals surface area contributed by atoms with Crippen LogP contribution >= 0.6 is 0 Å². The maximum Gasteiger partial charge on any atom is 0.272 e. The molecule has 3 aromatic rings. The summed E-state index contributed by atoms with van der Waals surface area (Å²) in [4.78, 5) is 49.1. The second kappa shape index (κ2) is 9.84. The maximum atomic E-state index is 13.1. The van der Waals surface area contributed by atoms with Crippen molar-refractivity contribution in [1.82, 2.24) is 19.8 Å². The molecule has 12 heteroatoms. The van der Waals surface area contributed by atoms with Gasteiger partial charge in [-0.15, -0.1) is 0 Å². The topological polar surface area (TPSA) is 161 Å². The first kappa shape index (κ1) is 24.4. The van der Waals surface area contributed by atoms with Crippen molar-refractivity contribution in [3.05, 3.63) is 68.7 Å². The number of nitrogens with one attached hydrogen (secondary N) is 4. The molecule has 4 rings (SSSR count). The lowest BCUT2D eigenvalue weighted by Gasteiger charge is -2.32. The third-order valence-corrected chi connectivity index (χ3v) is 7.96. The molecular formula is C23H25N5O6S. The molecule has 2 amide bonds. The van der Waals surface area contributed by atoms with Crippen LogP contribution in [0.5, 0.6) is 0 Å². The highest BCUT2D eigenvalue weighted by Crippen LogP contribution is 2.25. The summed E-state index contributed by atoms with van der Waals surface area (Å²) < 4.78 is 27.6. The number of hydrogen-bond acceptors (Lipinski definition) is 6. The van der Waals surface area contributed by atoms with Gasteiger partial charge in [0.1, 0.15) is 0 Å². The molecule has 0 spiro atoms. The van der Waals surface area contributed by atoms with Crippen LogP contribution in [0.25, 0.3) is 10.8 Å². The number of rotatable bonds is 6. The van der Waals surface area contributed by atoms with E-state index in [-0.39, 0.29) is 33.0 Å². The summed E-state index contributed by atoms with van der Waals surface area (Å²) in [5, 5.41) is 9.50. The summed E-state index contributed by atoms with van der Waals surface area (Å²) in [6.07, 6.45) is 2.54. The van der Waals surface area contributed by atoms with Crippen molar-refractivity contribution in [2.24, 2.45) is 0 Å². The molecule has 0 saturated carbocycles. The van der Waals surface area contributed by atoms with Crippen molar-refractivity contribution in [3.63, 3.8) is 0 Å². The predicted octanol–water partition coefficient (Wildman–Crippen LogP) is 1.15. The van der Waals surface area contributed by atoms with Gasteiger partial charge >= 0.3 is 0 Å². The summed E-state index contributed by atoms with van der Waals surface area (Å²) in [6.45, 7) is 1.87. The van der Waals surface area contributed by atoms with Gasteiger partial charge in [-0.3, -0.25) is 29.4 Å². The van der Waals surface area contributed by atoms with E-state index in [0.717, 1.165) is 19.3 Å². The van der Waals surface area contributed by atoms with Gasteiger partial charge in [-0.2, -0.15) is 4.31 Å². The Kier molecular flexibility index (Phi) is 6.85. The lowest BCUT2D eigenvalue weighted by atomic mass is 10.1. The van der Waals surface area contributed by atoms with E-state index in [4.69, 9.17) is 0 Å². The quantitative estimate of drug-likeness (QED) is 0.398. The zero-order valence-electron chi connectivity index (χ0n) is 19.0. The molecule has 1 saturated heterocycles. The van der Waals surface area contributed by atoms with Crippen LogP contribution in [0.3, 0.4) is 0 Å². The number of aromatic amines is 2. The number of carbonyl (C=O) groups excluding carboxylic acids is 2. The average Bonchev–Trinajstić information content (AvgIpc) is 2.85. The van der Waals surface area contributed by atoms with Gasteiger partial charge in [0.2, 0.25) is 15.9 Å². The lowest BCUT2D eigenvalue weighted by molar-refractivity contribution is -0.115. The first-order chi connectivity index (χ1) is 16.7. The number of piperidine rings is 1. The molecule has 1 aliphatic heterocycles. The van der Waals surface area contributed by atoms with E-state index in [2.05, 4.69) is 20.8 Å². The number of carbonyl (C=O) groups is 2.